The highest BCUT2D eigenvalue weighted by molar-refractivity contribution is 6.32. The summed E-state index contributed by atoms with van der Waals surface area (Å²) in [5.41, 5.74) is 6.16. The topological polar surface area (TPSA) is 131 Å². The summed E-state index contributed by atoms with van der Waals surface area (Å²) in [6, 6.07) is 8.86. The highest BCUT2D eigenvalue weighted by Gasteiger charge is 2.37. The van der Waals surface area contributed by atoms with Crippen LogP contribution in [0.4, 0.5) is 10.5 Å². The van der Waals surface area contributed by atoms with Crippen LogP contribution in [-0.4, -0.2) is 54.7 Å². The van der Waals surface area contributed by atoms with Gasteiger partial charge in [-0.1, -0.05) is 29.3 Å². The van der Waals surface area contributed by atoms with Crippen molar-refractivity contribution in [2.24, 2.45) is 11.7 Å². The molecule has 1 heterocycles. The van der Waals surface area contributed by atoms with E-state index < -0.39 is 17.9 Å². The number of carbonyl (C=O) groups is 3. The van der Waals surface area contributed by atoms with Crippen LogP contribution in [-0.2, 0) is 9.59 Å². The van der Waals surface area contributed by atoms with E-state index in [1.165, 1.54) is 24.1 Å². The van der Waals surface area contributed by atoms with E-state index in [4.69, 9.17) is 38.4 Å². The van der Waals surface area contributed by atoms with Crippen molar-refractivity contribution in [3.8, 4) is 11.5 Å². The number of likely N-dealkylation sites (tertiary alicyclic amines) is 1. The molecule has 33 heavy (non-hydrogen) atoms. The number of hydrogen-bond acceptors (Lipinski definition) is 5. The minimum absolute atomic E-state index is 0.0279. The fourth-order valence-corrected chi connectivity index (χ4v) is 4.19. The number of primary amides is 1. The van der Waals surface area contributed by atoms with Gasteiger partial charge in [0.2, 0.25) is 0 Å². The van der Waals surface area contributed by atoms with E-state index in [-0.39, 0.29) is 36.4 Å². The standard InChI is InChI=1S/C22H23Cl2N3O6/c1-32-19-8-12(2-4-16(19)24)14-6-7-27(10-15(14)21(29)30)20(28)11-33-18-5-3-13(23)9-17(18)26-22(25)31/h2-5,8-9,14-15H,6-7,10-11H2,1H3,(H,29,30)(H3,25,26,31). The number of rotatable bonds is 7. The van der Waals surface area contributed by atoms with E-state index in [0.29, 0.717) is 28.8 Å². The van der Waals surface area contributed by atoms with E-state index in [1.54, 1.807) is 24.3 Å². The van der Waals surface area contributed by atoms with Gasteiger partial charge in [-0.2, -0.15) is 0 Å². The van der Waals surface area contributed by atoms with E-state index in [2.05, 4.69) is 5.32 Å². The smallest absolute Gasteiger partial charge is 0.316 e. The number of urea groups is 1. The molecule has 1 aliphatic rings. The largest absolute Gasteiger partial charge is 0.495 e. The Morgan fingerprint density at radius 1 is 1.18 bits per heavy atom. The minimum Gasteiger partial charge on any atom is -0.495 e. The van der Waals surface area contributed by atoms with Gasteiger partial charge in [0.25, 0.3) is 5.91 Å². The summed E-state index contributed by atoms with van der Waals surface area (Å²) in [6.07, 6.45) is 0.447. The number of nitrogens with two attached hydrogens (primary N) is 1. The number of halogens is 2. The SMILES string of the molecule is COc1cc(C2CCN(C(=O)COc3ccc(Cl)cc3NC(N)=O)CC2C(=O)O)ccc1Cl. The summed E-state index contributed by atoms with van der Waals surface area (Å²) in [5, 5.41) is 13.0. The molecule has 2 unspecified atom stereocenters. The second-order valence-corrected chi connectivity index (χ2v) is 8.34. The third-order valence-corrected chi connectivity index (χ3v) is 5.98. The van der Waals surface area contributed by atoms with Gasteiger partial charge in [-0.15, -0.1) is 0 Å². The van der Waals surface area contributed by atoms with E-state index in [1.807, 2.05) is 0 Å². The van der Waals surface area contributed by atoms with Crippen molar-refractivity contribution in [3.05, 3.63) is 52.0 Å². The molecule has 0 aliphatic carbocycles. The quantitative estimate of drug-likeness (QED) is 0.537. The third kappa shape index (κ3) is 6.00. The van der Waals surface area contributed by atoms with Crippen molar-refractivity contribution in [1.82, 2.24) is 4.90 Å². The number of carbonyl (C=O) groups excluding carboxylic acids is 2. The summed E-state index contributed by atoms with van der Waals surface area (Å²) >= 11 is 12.0. The Bertz CT molecular complexity index is 1060. The van der Waals surface area contributed by atoms with Crippen molar-refractivity contribution in [2.45, 2.75) is 12.3 Å². The molecule has 2 aromatic rings. The second-order valence-electron chi connectivity index (χ2n) is 7.49. The number of amides is 3. The van der Waals surface area contributed by atoms with Gasteiger partial charge in [-0.25, -0.2) is 4.79 Å². The molecule has 2 aromatic carbocycles. The van der Waals surface area contributed by atoms with Crippen LogP contribution >= 0.6 is 23.2 Å². The number of anilines is 1. The van der Waals surface area contributed by atoms with Crippen LogP contribution in [0.2, 0.25) is 10.0 Å². The number of methoxy groups -OCH3 is 1. The average Bonchev–Trinajstić information content (AvgIpc) is 2.78. The first-order chi connectivity index (χ1) is 15.7. The maximum absolute atomic E-state index is 12.8. The van der Waals surface area contributed by atoms with Crippen LogP contribution < -0.4 is 20.5 Å². The third-order valence-electron chi connectivity index (χ3n) is 5.44. The average molecular weight is 496 g/mol. The summed E-state index contributed by atoms with van der Waals surface area (Å²) in [4.78, 5) is 37.4. The van der Waals surface area contributed by atoms with E-state index in [9.17, 15) is 19.5 Å². The number of nitrogens with zero attached hydrogens (tertiary/aromatic N) is 1. The van der Waals surface area contributed by atoms with Crippen molar-refractivity contribution >= 4 is 46.8 Å². The molecule has 0 saturated carbocycles. The molecule has 4 N–H and O–H groups in total. The predicted molar refractivity (Wildman–Crippen MR) is 123 cm³/mol. The van der Waals surface area contributed by atoms with Gasteiger partial charge in [0.1, 0.15) is 11.5 Å². The van der Waals surface area contributed by atoms with Gasteiger partial charge in [0.05, 0.1) is 23.7 Å². The van der Waals surface area contributed by atoms with Crippen molar-refractivity contribution in [2.75, 3.05) is 32.1 Å². The fourth-order valence-electron chi connectivity index (χ4n) is 3.82. The molecule has 0 aromatic heterocycles. The van der Waals surface area contributed by atoms with Crippen molar-refractivity contribution in [3.63, 3.8) is 0 Å². The lowest BCUT2D eigenvalue weighted by molar-refractivity contribution is -0.147. The predicted octanol–water partition coefficient (Wildman–Crippen LogP) is 3.59. The van der Waals surface area contributed by atoms with Crippen LogP contribution in [0.15, 0.2) is 36.4 Å². The molecule has 0 radical (unpaired) electrons. The van der Waals surface area contributed by atoms with Gasteiger partial charge in [0, 0.05) is 24.0 Å². The Kier molecular flexibility index (Phi) is 7.88. The molecular weight excluding hydrogens is 473 g/mol. The van der Waals surface area contributed by atoms with E-state index in [0.717, 1.165) is 5.56 Å². The van der Waals surface area contributed by atoms with Crippen LogP contribution in [0.1, 0.15) is 17.9 Å². The second kappa shape index (κ2) is 10.6. The minimum atomic E-state index is -1.00. The lowest BCUT2D eigenvalue weighted by Gasteiger charge is -2.37. The first-order valence-electron chi connectivity index (χ1n) is 10.0. The number of carboxylic acids is 1. The number of piperidine rings is 1. The molecule has 9 nitrogen and oxygen atoms in total. The van der Waals surface area contributed by atoms with E-state index >= 15 is 0 Å². The molecule has 1 fully saturated rings. The molecular formula is C22H23Cl2N3O6. The Labute approximate surface area is 200 Å². The Balaban J connectivity index is 1.69. The van der Waals surface area contributed by atoms with Crippen LogP contribution in [0, 0.1) is 5.92 Å². The number of ether oxygens (including phenoxy) is 2. The molecule has 0 spiro atoms. The van der Waals surface area contributed by atoms with Crippen molar-refractivity contribution < 1.29 is 29.0 Å². The zero-order chi connectivity index (χ0) is 24.1. The zero-order valence-corrected chi connectivity index (χ0v) is 19.2. The fraction of sp³-hybridized carbons (Fsp3) is 0.318. The number of aliphatic carboxylic acids is 1. The molecule has 1 saturated heterocycles. The Morgan fingerprint density at radius 2 is 1.94 bits per heavy atom. The van der Waals surface area contributed by atoms with Crippen LogP contribution in [0.5, 0.6) is 11.5 Å². The number of nitrogens with one attached hydrogen (secondary N) is 1. The van der Waals surface area contributed by atoms with Gasteiger partial charge in [-0.3, -0.25) is 9.59 Å². The Hall–Kier alpha value is -3.17. The first-order valence-corrected chi connectivity index (χ1v) is 10.8. The van der Waals surface area contributed by atoms with Crippen molar-refractivity contribution in [1.29, 1.82) is 0 Å². The lowest BCUT2D eigenvalue weighted by Crippen LogP contribution is -2.47. The lowest BCUT2D eigenvalue weighted by atomic mass is 9.80. The molecule has 2 atom stereocenters. The molecule has 3 rings (SSSR count). The first kappa shape index (κ1) is 24.5. The zero-order valence-electron chi connectivity index (χ0n) is 17.7. The molecule has 0 bridgehead atoms. The van der Waals surface area contributed by atoms with Crippen LogP contribution in [0.25, 0.3) is 0 Å². The number of hydrogen-bond donors (Lipinski definition) is 3. The molecule has 176 valence electrons. The maximum atomic E-state index is 12.8. The molecule has 1 aliphatic heterocycles. The van der Waals surface area contributed by atoms with Gasteiger partial charge >= 0.3 is 12.0 Å². The summed E-state index contributed by atoms with van der Waals surface area (Å²) < 4.78 is 10.8. The summed E-state index contributed by atoms with van der Waals surface area (Å²) in [7, 11) is 1.49. The number of benzene rings is 2. The highest BCUT2D eigenvalue weighted by Crippen LogP contribution is 2.37. The molecule has 11 heteroatoms. The van der Waals surface area contributed by atoms with Crippen LogP contribution in [0.3, 0.4) is 0 Å². The molecule has 3 amide bonds. The van der Waals surface area contributed by atoms with Gasteiger partial charge < -0.3 is 30.5 Å². The normalized spacial score (nSPS) is 17.8. The monoisotopic (exact) mass is 495 g/mol. The summed E-state index contributed by atoms with van der Waals surface area (Å²) in [5.74, 6) is -1.82. The summed E-state index contributed by atoms with van der Waals surface area (Å²) in [6.45, 7) is 0.0373. The maximum Gasteiger partial charge on any atom is 0.316 e. The van der Waals surface area contributed by atoms with Gasteiger partial charge in [0.15, 0.2) is 6.61 Å². The highest BCUT2D eigenvalue weighted by atomic mass is 35.5. The van der Waals surface area contributed by atoms with Gasteiger partial charge in [-0.05, 0) is 42.3 Å². The number of carboxylic acid groups (broad SMARTS) is 1. The Morgan fingerprint density at radius 3 is 2.61 bits per heavy atom.